The fraction of sp³-hybridized carbons (Fsp3) is 0.0476. The van der Waals surface area contributed by atoms with Crippen LogP contribution in [0.25, 0.3) is 28.5 Å². The molecule has 0 bridgehead atoms. The third-order valence-electron chi connectivity index (χ3n) is 4.20. The molecular weight excluding hydrogens is 408 g/mol. The van der Waals surface area contributed by atoms with Crippen molar-refractivity contribution in [2.24, 2.45) is 0 Å². The van der Waals surface area contributed by atoms with Crippen molar-refractivity contribution < 1.29 is 23.7 Å². The van der Waals surface area contributed by atoms with Crippen LogP contribution in [0.5, 0.6) is 0 Å². The number of nitro groups is 1. The van der Waals surface area contributed by atoms with Crippen LogP contribution in [0.2, 0.25) is 0 Å². The van der Waals surface area contributed by atoms with Gasteiger partial charge < -0.3 is 13.9 Å². The van der Waals surface area contributed by atoms with Gasteiger partial charge in [0.05, 0.1) is 10.5 Å². The SMILES string of the molecule is Cc1ccc(-c2ccc(/C=C(\Sc3nc4ccccc4o3)C(=O)O)o2)c([N+](=O)[O-])c1. The molecule has 0 fully saturated rings. The number of hydrogen-bond donors (Lipinski definition) is 1. The molecule has 0 spiro atoms. The van der Waals surface area contributed by atoms with Gasteiger partial charge in [0.1, 0.15) is 21.9 Å². The topological polar surface area (TPSA) is 120 Å². The smallest absolute Gasteiger partial charge is 0.342 e. The first-order valence-corrected chi connectivity index (χ1v) is 9.56. The fourth-order valence-electron chi connectivity index (χ4n) is 2.83. The average Bonchev–Trinajstić information content (AvgIpc) is 3.33. The maximum Gasteiger partial charge on any atom is 0.342 e. The molecule has 150 valence electrons. The maximum absolute atomic E-state index is 11.7. The van der Waals surface area contributed by atoms with Gasteiger partial charge in [0.2, 0.25) is 0 Å². The van der Waals surface area contributed by atoms with Crippen LogP contribution in [0.3, 0.4) is 0 Å². The molecule has 0 saturated carbocycles. The van der Waals surface area contributed by atoms with Gasteiger partial charge in [-0.2, -0.15) is 0 Å². The Hall–Kier alpha value is -3.85. The minimum Gasteiger partial charge on any atom is -0.477 e. The first kappa shape index (κ1) is 19.5. The molecular formula is C21H14N2O6S. The highest BCUT2D eigenvalue weighted by Gasteiger charge is 2.19. The monoisotopic (exact) mass is 422 g/mol. The molecule has 0 amide bonds. The van der Waals surface area contributed by atoms with E-state index in [0.717, 1.165) is 17.3 Å². The highest BCUT2D eigenvalue weighted by molar-refractivity contribution is 8.03. The number of carboxylic acid groups (broad SMARTS) is 1. The lowest BCUT2D eigenvalue weighted by Crippen LogP contribution is -1.96. The molecule has 9 heteroatoms. The second-order valence-electron chi connectivity index (χ2n) is 6.34. The van der Waals surface area contributed by atoms with Crippen molar-refractivity contribution in [2.75, 3.05) is 0 Å². The summed E-state index contributed by atoms with van der Waals surface area (Å²) in [5.74, 6) is -0.674. The number of furan rings is 1. The predicted molar refractivity (Wildman–Crippen MR) is 111 cm³/mol. The molecule has 2 aromatic carbocycles. The maximum atomic E-state index is 11.7. The number of nitrogens with zero attached hydrogens (tertiary/aromatic N) is 2. The number of benzene rings is 2. The number of nitro benzene ring substituents is 1. The fourth-order valence-corrected chi connectivity index (χ4v) is 3.56. The van der Waals surface area contributed by atoms with E-state index >= 15 is 0 Å². The summed E-state index contributed by atoms with van der Waals surface area (Å²) < 4.78 is 11.2. The Labute approximate surface area is 174 Å². The molecule has 30 heavy (non-hydrogen) atoms. The summed E-state index contributed by atoms with van der Waals surface area (Å²) >= 11 is 0.848. The molecule has 2 aromatic heterocycles. The summed E-state index contributed by atoms with van der Waals surface area (Å²) in [5, 5.41) is 21.1. The number of aryl methyl sites for hydroxylation is 1. The molecule has 0 unspecified atom stereocenters. The molecule has 0 saturated heterocycles. The number of aromatic nitrogens is 1. The summed E-state index contributed by atoms with van der Waals surface area (Å²) in [4.78, 5) is 26.7. The van der Waals surface area contributed by atoms with Gasteiger partial charge in [-0.25, -0.2) is 9.78 Å². The molecule has 8 nitrogen and oxygen atoms in total. The van der Waals surface area contributed by atoms with E-state index in [4.69, 9.17) is 8.83 Å². The van der Waals surface area contributed by atoms with Crippen molar-refractivity contribution in [3.05, 3.63) is 80.9 Å². The van der Waals surface area contributed by atoms with Crippen LogP contribution < -0.4 is 0 Å². The average molecular weight is 422 g/mol. The Balaban J connectivity index is 1.65. The molecule has 4 aromatic rings. The number of fused-ring (bicyclic) bond motifs is 1. The van der Waals surface area contributed by atoms with E-state index in [-0.39, 0.29) is 27.3 Å². The second kappa shape index (κ2) is 7.88. The van der Waals surface area contributed by atoms with E-state index in [2.05, 4.69) is 4.98 Å². The zero-order chi connectivity index (χ0) is 21.3. The van der Waals surface area contributed by atoms with Crippen LogP contribution in [0, 0.1) is 17.0 Å². The van der Waals surface area contributed by atoms with Crippen LogP contribution in [-0.4, -0.2) is 21.0 Å². The Morgan fingerprint density at radius 3 is 2.70 bits per heavy atom. The van der Waals surface area contributed by atoms with E-state index in [9.17, 15) is 20.0 Å². The lowest BCUT2D eigenvalue weighted by atomic mass is 10.1. The number of rotatable bonds is 6. The lowest BCUT2D eigenvalue weighted by molar-refractivity contribution is -0.384. The van der Waals surface area contributed by atoms with Crippen LogP contribution in [0.1, 0.15) is 11.3 Å². The molecule has 0 radical (unpaired) electrons. The minimum absolute atomic E-state index is 0.0686. The van der Waals surface area contributed by atoms with Crippen LogP contribution in [0.15, 0.2) is 73.6 Å². The van der Waals surface area contributed by atoms with Gasteiger partial charge in [0, 0.05) is 12.1 Å². The quantitative estimate of drug-likeness (QED) is 0.187. The lowest BCUT2D eigenvalue weighted by Gasteiger charge is -2.01. The van der Waals surface area contributed by atoms with E-state index in [0.29, 0.717) is 16.7 Å². The van der Waals surface area contributed by atoms with Crippen molar-refractivity contribution in [1.82, 2.24) is 4.98 Å². The van der Waals surface area contributed by atoms with Crippen molar-refractivity contribution in [3.8, 4) is 11.3 Å². The first-order chi connectivity index (χ1) is 14.4. The number of carboxylic acids is 1. The number of oxazole rings is 1. The summed E-state index contributed by atoms with van der Waals surface area (Å²) in [6.45, 7) is 1.76. The molecule has 2 heterocycles. The molecule has 1 N–H and O–H groups in total. The number of hydrogen-bond acceptors (Lipinski definition) is 7. The van der Waals surface area contributed by atoms with E-state index in [1.807, 2.05) is 6.07 Å². The normalized spacial score (nSPS) is 11.7. The second-order valence-corrected chi connectivity index (χ2v) is 7.34. The van der Waals surface area contributed by atoms with Crippen LogP contribution in [0.4, 0.5) is 5.69 Å². The zero-order valence-electron chi connectivity index (χ0n) is 15.6. The van der Waals surface area contributed by atoms with Crippen LogP contribution >= 0.6 is 11.8 Å². The van der Waals surface area contributed by atoms with Gasteiger partial charge in [-0.1, -0.05) is 18.2 Å². The molecule has 0 atom stereocenters. The first-order valence-electron chi connectivity index (χ1n) is 8.74. The van der Waals surface area contributed by atoms with Gasteiger partial charge in [-0.05, 0) is 54.6 Å². The summed E-state index contributed by atoms with van der Waals surface area (Å²) in [6.07, 6.45) is 1.32. The summed E-state index contributed by atoms with van der Waals surface area (Å²) in [7, 11) is 0. The standard InChI is InChI=1S/C21H14N2O6S/c1-12-6-8-14(16(10-12)23(26)27)17-9-7-13(28-17)11-19(20(24)25)30-21-22-15-4-2-3-5-18(15)29-21/h2-11H,1H3,(H,24,25)/b19-11-. The highest BCUT2D eigenvalue weighted by atomic mass is 32.2. The zero-order valence-corrected chi connectivity index (χ0v) is 16.4. The molecule has 4 rings (SSSR count). The Morgan fingerprint density at radius 2 is 1.97 bits per heavy atom. The van der Waals surface area contributed by atoms with Gasteiger partial charge in [0.15, 0.2) is 5.58 Å². The Kier molecular flexibility index (Phi) is 5.11. The number of thioether (sulfide) groups is 1. The minimum atomic E-state index is -1.18. The van der Waals surface area contributed by atoms with Gasteiger partial charge in [-0.15, -0.1) is 0 Å². The third kappa shape index (κ3) is 3.96. The van der Waals surface area contributed by atoms with Crippen LogP contribution in [-0.2, 0) is 4.79 Å². The van der Waals surface area contributed by atoms with Crippen molar-refractivity contribution in [1.29, 1.82) is 0 Å². The summed E-state index contributed by atoms with van der Waals surface area (Å²) in [6, 6.07) is 15.0. The van der Waals surface area contributed by atoms with E-state index in [1.165, 1.54) is 12.1 Å². The molecule has 0 aliphatic heterocycles. The Bertz CT molecular complexity index is 1270. The largest absolute Gasteiger partial charge is 0.477 e. The van der Waals surface area contributed by atoms with Gasteiger partial charge in [0.25, 0.3) is 10.9 Å². The number of aliphatic carboxylic acids is 1. The van der Waals surface area contributed by atoms with Gasteiger partial charge in [-0.3, -0.25) is 10.1 Å². The van der Waals surface area contributed by atoms with E-state index < -0.39 is 10.9 Å². The van der Waals surface area contributed by atoms with E-state index in [1.54, 1.807) is 49.4 Å². The van der Waals surface area contributed by atoms with Gasteiger partial charge >= 0.3 is 5.97 Å². The Morgan fingerprint density at radius 1 is 1.17 bits per heavy atom. The van der Waals surface area contributed by atoms with Crippen molar-refractivity contribution in [3.63, 3.8) is 0 Å². The summed E-state index contributed by atoms with van der Waals surface area (Å²) in [5.41, 5.74) is 2.15. The van der Waals surface area contributed by atoms with Crippen molar-refractivity contribution in [2.45, 2.75) is 12.1 Å². The highest BCUT2D eigenvalue weighted by Crippen LogP contribution is 2.34. The third-order valence-corrected chi connectivity index (χ3v) is 5.06. The molecule has 0 aliphatic rings. The van der Waals surface area contributed by atoms with Crippen molar-refractivity contribution >= 4 is 40.6 Å². The molecule has 0 aliphatic carbocycles. The number of carbonyl (C=O) groups is 1. The predicted octanol–water partition coefficient (Wildman–Crippen LogP) is 5.52. The number of para-hydroxylation sites is 2.